The number of unbranched alkanes of at least 4 members (excludes halogenated alkanes) is 1. The summed E-state index contributed by atoms with van der Waals surface area (Å²) in [6, 6.07) is 0. The molecular weight excluding hydrogens is 232 g/mol. The number of rotatable bonds is 9. The van der Waals surface area contributed by atoms with Crippen LogP contribution < -0.4 is 5.32 Å². The number of amides is 1. The smallest absolute Gasteiger partial charge is 0.320 e. The van der Waals surface area contributed by atoms with Crippen LogP contribution in [0, 0.1) is 5.92 Å². The molecule has 0 unspecified atom stereocenters. The third-order valence-electron chi connectivity index (χ3n) is 2.28. The van der Waals surface area contributed by atoms with Crippen LogP contribution in [0.1, 0.15) is 33.6 Å². The second-order valence-electron chi connectivity index (χ2n) is 4.94. The lowest BCUT2D eigenvalue weighted by atomic mass is 10.2. The maximum Gasteiger partial charge on any atom is 0.320 e. The summed E-state index contributed by atoms with van der Waals surface area (Å²) in [7, 11) is 1.73. The molecule has 0 atom stereocenters. The Morgan fingerprint density at radius 2 is 1.94 bits per heavy atom. The molecule has 0 fully saturated rings. The highest BCUT2D eigenvalue weighted by atomic mass is 16.5. The van der Waals surface area contributed by atoms with Gasteiger partial charge in [-0.25, -0.2) is 0 Å². The molecule has 0 aromatic rings. The molecule has 0 aromatic carbocycles. The number of carbonyl (C=O) groups is 2. The second kappa shape index (κ2) is 9.88. The van der Waals surface area contributed by atoms with Crippen molar-refractivity contribution < 1.29 is 14.3 Å². The van der Waals surface area contributed by atoms with Crippen LogP contribution in [-0.2, 0) is 14.3 Å². The van der Waals surface area contributed by atoms with Gasteiger partial charge in [-0.2, -0.15) is 0 Å². The van der Waals surface area contributed by atoms with Crippen LogP contribution in [0.4, 0.5) is 0 Å². The Balaban J connectivity index is 3.71. The van der Waals surface area contributed by atoms with Crippen molar-refractivity contribution in [1.29, 1.82) is 0 Å². The fraction of sp³-hybridized carbons (Fsp3) is 0.846. The van der Waals surface area contributed by atoms with Crippen LogP contribution in [0.2, 0.25) is 0 Å². The first-order valence-electron chi connectivity index (χ1n) is 6.56. The number of hydrogen-bond acceptors (Lipinski definition) is 4. The molecule has 0 aromatic heterocycles. The van der Waals surface area contributed by atoms with E-state index in [4.69, 9.17) is 4.74 Å². The van der Waals surface area contributed by atoms with Gasteiger partial charge in [-0.3, -0.25) is 14.5 Å². The molecule has 0 rings (SSSR count). The molecule has 0 aliphatic carbocycles. The Labute approximate surface area is 110 Å². The van der Waals surface area contributed by atoms with Gasteiger partial charge in [-0.1, -0.05) is 27.2 Å². The number of nitrogens with zero attached hydrogens (tertiary/aromatic N) is 1. The number of likely N-dealkylation sites (N-methyl/N-ethyl adjacent to an activating group) is 1. The van der Waals surface area contributed by atoms with Crippen molar-refractivity contribution in [3.8, 4) is 0 Å². The van der Waals surface area contributed by atoms with Gasteiger partial charge in [0.15, 0.2) is 0 Å². The van der Waals surface area contributed by atoms with E-state index in [-0.39, 0.29) is 25.0 Å². The summed E-state index contributed by atoms with van der Waals surface area (Å²) < 4.78 is 5.02. The van der Waals surface area contributed by atoms with Gasteiger partial charge in [-0.15, -0.1) is 0 Å². The minimum absolute atomic E-state index is 0.0624. The number of esters is 1. The van der Waals surface area contributed by atoms with Gasteiger partial charge in [0.25, 0.3) is 0 Å². The third-order valence-corrected chi connectivity index (χ3v) is 2.28. The summed E-state index contributed by atoms with van der Waals surface area (Å²) in [5.74, 6) is 0.0911. The number of ether oxygens (including phenoxy) is 1. The van der Waals surface area contributed by atoms with E-state index >= 15 is 0 Å². The first kappa shape index (κ1) is 16.9. The molecule has 0 aliphatic rings. The van der Waals surface area contributed by atoms with Gasteiger partial charge in [0.05, 0.1) is 19.7 Å². The number of carbonyl (C=O) groups excluding carboxylic acids is 2. The van der Waals surface area contributed by atoms with Crippen molar-refractivity contribution in [2.45, 2.75) is 33.6 Å². The van der Waals surface area contributed by atoms with Gasteiger partial charge in [0.2, 0.25) is 5.91 Å². The quantitative estimate of drug-likeness (QED) is 0.496. The van der Waals surface area contributed by atoms with E-state index in [0.717, 1.165) is 12.8 Å². The van der Waals surface area contributed by atoms with E-state index in [1.807, 2.05) is 20.8 Å². The van der Waals surface area contributed by atoms with E-state index in [9.17, 15) is 9.59 Å². The van der Waals surface area contributed by atoms with Gasteiger partial charge >= 0.3 is 5.97 Å². The zero-order valence-electron chi connectivity index (χ0n) is 12.0. The monoisotopic (exact) mass is 258 g/mol. The Hall–Kier alpha value is -1.10. The van der Waals surface area contributed by atoms with Gasteiger partial charge < -0.3 is 10.1 Å². The molecule has 0 bridgehead atoms. The molecule has 5 heteroatoms. The van der Waals surface area contributed by atoms with Crippen LogP contribution in [0.25, 0.3) is 0 Å². The SMILES string of the molecule is CCCCOC(=O)CN(C)CC(=O)NCC(C)C. The van der Waals surface area contributed by atoms with Crippen molar-refractivity contribution in [3.63, 3.8) is 0 Å². The molecule has 106 valence electrons. The Morgan fingerprint density at radius 3 is 2.50 bits per heavy atom. The highest BCUT2D eigenvalue weighted by Gasteiger charge is 2.11. The van der Waals surface area contributed by atoms with Crippen LogP contribution in [0.15, 0.2) is 0 Å². The lowest BCUT2D eigenvalue weighted by Gasteiger charge is -2.16. The minimum atomic E-state index is -0.275. The molecule has 1 N–H and O–H groups in total. The predicted octanol–water partition coefficient (Wildman–Crippen LogP) is 1.03. The topological polar surface area (TPSA) is 58.6 Å². The first-order chi connectivity index (χ1) is 8.45. The van der Waals surface area contributed by atoms with E-state index < -0.39 is 0 Å². The third kappa shape index (κ3) is 10.1. The number of hydrogen-bond donors (Lipinski definition) is 1. The lowest BCUT2D eigenvalue weighted by Crippen LogP contribution is -2.39. The average Bonchev–Trinajstić information content (AvgIpc) is 2.26. The van der Waals surface area contributed by atoms with E-state index in [1.54, 1.807) is 11.9 Å². The molecule has 5 nitrogen and oxygen atoms in total. The normalized spacial score (nSPS) is 10.8. The van der Waals surface area contributed by atoms with Crippen LogP contribution in [0.3, 0.4) is 0 Å². The van der Waals surface area contributed by atoms with E-state index in [1.165, 1.54) is 0 Å². The van der Waals surface area contributed by atoms with Crippen molar-refractivity contribution in [1.82, 2.24) is 10.2 Å². The summed E-state index contributed by atoms with van der Waals surface area (Å²) in [6.45, 7) is 7.61. The fourth-order valence-corrected chi connectivity index (χ4v) is 1.27. The molecule has 0 aliphatic heterocycles. The van der Waals surface area contributed by atoms with Gasteiger partial charge in [0, 0.05) is 6.54 Å². The molecule has 1 amide bonds. The second-order valence-corrected chi connectivity index (χ2v) is 4.94. The van der Waals surface area contributed by atoms with Crippen molar-refractivity contribution >= 4 is 11.9 Å². The van der Waals surface area contributed by atoms with Crippen LogP contribution in [0.5, 0.6) is 0 Å². The predicted molar refractivity (Wildman–Crippen MR) is 71.2 cm³/mol. The van der Waals surface area contributed by atoms with Crippen molar-refractivity contribution in [2.24, 2.45) is 5.92 Å². The Kier molecular flexibility index (Phi) is 9.28. The standard InChI is InChI=1S/C13H26N2O3/c1-5-6-7-18-13(17)10-15(4)9-12(16)14-8-11(2)3/h11H,5-10H2,1-4H3,(H,14,16). The highest BCUT2D eigenvalue weighted by Crippen LogP contribution is 1.92. The summed E-state index contributed by atoms with van der Waals surface area (Å²) in [5, 5.41) is 2.81. The summed E-state index contributed by atoms with van der Waals surface area (Å²) in [4.78, 5) is 24.5. The molecule has 0 radical (unpaired) electrons. The first-order valence-corrected chi connectivity index (χ1v) is 6.56. The molecule has 0 heterocycles. The zero-order chi connectivity index (χ0) is 14.0. The van der Waals surface area contributed by atoms with Crippen molar-refractivity contribution in [2.75, 3.05) is 33.3 Å². The number of nitrogens with one attached hydrogen (secondary N) is 1. The van der Waals surface area contributed by atoms with Crippen LogP contribution in [-0.4, -0.2) is 50.1 Å². The zero-order valence-corrected chi connectivity index (χ0v) is 12.0. The van der Waals surface area contributed by atoms with Crippen LogP contribution >= 0.6 is 0 Å². The molecular formula is C13H26N2O3. The van der Waals surface area contributed by atoms with E-state index in [2.05, 4.69) is 5.32 Å². The summed E-state index contributed by atoms with van der Waals surface area (Å²) in [5.41, 5.74) is 0. The summed E-state index contributed by atoms with van der Waals surface area (Å²) in [6.07, 6.45) is 1.88. The van der Waals surface area contributed by atoms with Gasteiger partial charge in [0.1, 0.15) is 0 Å². The summed E-state index contributed by atoms with van der Waals surface area (Å²) >= 11 is 0. The minimum Gasteiger partial charge on any atom is -0.465 e. The van der Waals surface area contributed by atoms with Crippen molar-refractivity contribution in [3.05, 3.63) is 0 Å². The molecule has 0 saturated carbocycles. The highest BCUT2D eigenvalue weighted by molar-refractivity contribution is 5.79. The Morgan fingerprint density at radius 1 is 1.28 bits per heavy atom. The average molecular weight is 258 g/mol. The maximum atomic E-state index is 11.5. The fourth-order valence-electron chi connectivity index (χ4n) is 1.27. The van der Waals surface area contributed by atoms with Gasteiger partial charge in [-0.05, 0) is 19.4 Å². The molecule has 18 heavy (non-hydrogen) atoms. The molecule has 0 spiro atoms. The molecule has 0 saturated heterocycles. The maximum absolute atomic E-state index is 11.5. The lowest BCUT2D eigenvalue weighted by molar-refractivity contribution is -0.144. The largest absolute Gasteiger partial charge is 0.465 e. The van der Waals surface area contributed by atoms with E-state index in [0.29, 0.717) is 19.1 Å². The Bertz CT molecular complexity index is 255.